The second kappa shape index (κ2) is 4.25. The number of anilines is 2. The third kappa shape index (κ3) is 2.41. The molecule has 0 saturated heterocycles. The van der Waals surface area contributed by atoms with Crippen molar-refractivity contribution in [3.8, 4) is 0 Å². The molecular weight excluding hydrogens is 218 g/mol. The van der Waals surface area contributed by atoms with Crippen molar-refractivity contribution in [2.24, 2.45) is 7.05 Å². The molecule has 2 rings (SSSR count). The van der Waals surface area contributed by atoms with E-state index in [1.807, 2.05) is 13.0 Å². The quantitative estimate of drug-likeness (QED) is 0.806. The van der Waals surface area contributed by atoms with E-state index >= 15 is 0 Å². The number of aryl methyl sites for hydroxylation is 2. The van der Waals surface area contributed by atoms with Crippen molar-refractivity contribution < 1.29 is 4.79 Å². The lowest BCUT2D eigenvalue weighted by molar-refractivity contribution is 0.102. The van der Waals surface area contributed by atoms with Crippen LogP contribution in [-0.4, -0.2) is 20.7 Å². The molecule has 0 radical (unpaired) electrons. The fourth-order valence-corrected chi connectivity index (χ4v) is 1.46. The number of amides is 1. The molecule has 0 aliphatic carbocycles. The smallest absolute Gasteiger partial charge is 0.279 e. The number of rotatable bonds is 2. The van der Waals surface area contributed by atoms with Gasteiger partial charge in [-0.25, -0.2) is 4.98 Å². The zero-order valence-corrected chi connectivity index (χ0v) is 9.64. The first-order valence-corrected chi connectivity index (χ1v) is 5.09. The Morgan fingerprint density at radius 3 is 2.88 bits per heavy atom. The summed E-state index contributed by atoms with van der Waals surface area (Å²) in [5.74, 6) is 0.126. The molecule has 0 saturated carbocycles. The summed E-state index contributed by atoms with van der Waals surface area (Å²) in [7, 11) is 1.71. The van der Waals surface area contributed by atoms with Crippen molar-refractivity contribution in [1.82, 2.24) is 14.8 Å². The minimum Gasteiger partial charge on any atom is -0.396 e. The van der Waals surface area contributed by atoms with Gasteiger partial charge in [0.05, 0.1) is 5.69 Å². The lowest BCUT2D eigenvalue weighted by Gasteiger charge is -2.03. The van der Waals surface area contributed by atoms with Gasteiger partial charge in [0.25, 0.3) is 5.91 Å². The zero-order chi connectivity index (χ0) is 12.4. The summed E-state index contributed by atoms with van der Waals surface area (Å²) in [6, 6.07) is 3.63. The lowest BCUT2D eigenvalue weighted by atomic mass is 10.3. The zero-order valence-electron chi connectivity index (χ0n) is 9.64. The van der Waals surface area contributed by atoms with Crippen LogP contribution in [-0.2, 0) is 7.05 Å². The van der Waals surface area contributed by atoms with Crippen molar-refractivity contribution >= 4 is 17.4 Å². The molecule has 0 atom stereocenters. The Balaban J connectivity index is 2.20. The average molecular weight is 231 g/mol. The molecule has 2 aromatic heterocycles. The normalized spacial score (nSPS) is 10.2. The molecule has 6 nitrogen and oxygen atoms in total. The molecule has 0 unspecified atom stereocenters. The Kier molecular flexibility index (Phi) is 2.78. The highest BCUT2D eigenvalue weighted by Crippen LogP contribution is 2.11. The number of hydrogen-bond donors (Lipinski definition) is 2. The van der Waals surface area contributed by atoms with Crippen molar-refractivity contribution in [3.63, 3.8) is 0 Å². The van der Waals surface area contributed by atoms with Crippen LogP contribution in [0.25, 0.3) is 0 Å². The van der Waals surface area contributed by atoms with E-state index in [2.05, 4.69) is 15.4 Å². The largest absolute Gasteiger partial charge is 0.396 e. The molecule has 0 aliphatic heterocycles. The maximum absolute atomic E-state index is 11.9. The number of nitrogens with two attached hydrogens (primary N) is 1. The third-order valence-electron chi connectivity index (χ3n) is 2.23. The standard InChI is InChI=1S/C11H13N5O/c1-7-3-4-13-9(5-7)14-11(17)10-8(12)6-16(2)15-10/h3-6H,12H2,1-2H3,(H,13,14,17). The molecule has 2 heterocycles. The van der Waals surface area contributed by atoms with Crippen molar-refractivity contribution in [3.05, 3.63) is 35.8 Å². The van der Waals surface area contributed by atoms with E-state index in [0.717, 1.165) is 5.56 Å². The fourth-order valence-electron chi connectivity index (χ4n) is 1.46. The van der Waals surface area contributed by atoms with E-state index in [4.69, 9.17) is 5.73 Å². The van der Waals surface area contributed by atoms with E-state index in [1.165, 1.54) is 4.68 Å². The highest BCUT2D eigenvalue weighted by Gasteiger charge is 2.14. The lowest BCUT2D eigenvalue weighted by Crippen LogP contribution is -2.15. The number of aromatic nitrogens is 3. The Hall–Kier alpha value is -2.37. The first-order chi connectivity index (χ1) is 8.06. The summed E-state index contributed by atoms with van der Waals surface area (Å²) in [6.07, 6.45) is 3.21. The summed E-state index contributed by atoms with van der Waals surface area (Å²) < 4.78 is 1.49. The van der Waals surface area contributed by atoms with Crippen molar-refractivity contribution in [2.75, 3.05) is 11.1 Å². The molecular formula is C11H13N5O. The molecule has 17 heavy (non-hydrogen) atoms. The number of pyridine rings is 1. The number of carbonyl (C=O) groups excluding carboxylic acids is 1. The number of nitrogens with zero attached hydrogens (tertiary/aromatic N) is 3. The van der Waals surface area contributed by atoms with Crippen LogP contribution >= 0.6 is 0 Å². The highest BCUT2D eigenvalue weighted by molar-refractivity contribution is 6.05. The molecule has 2 aromatic rings. The number of hydrogen-bond acceptors (Lipinski definition) is 4. The van der Waals surface area contributed by atoms with Gasteiger partial charge in [-0.1, -0.05) is 0 Å². The first-order valence-electron chi connectivity index (χ1n) is 5.09. The predicted molar refractivity (Wildman–Crippen MR) is 64.5 cm³/mol. The van der Waals surface area contributed by atoms with Crippen LogP contribution in [0.2, 0.25) is 0 Å². The summed E-state index contributed by atoms with van der Waals surface area (Å²) in [6.45, 7) is 1.92. The van der Waals surface area contributed by atoms with Gasteiger partial charge < -0.3 is 11.1 Å². The van der Waals surface area contributed by atoms with Gasteiger partial charge >= 0.3 is 0 Å². The second-order valence-electron chi connectivity index (χ2n) is 3.78. The monoisotopic (exact) mass is 231 g/mol. The van der Waals surface area contributed by atoms with E-state index < -0.39 is 0 Å². The molecule has 0 fully saturated rings. The molecule has 0 aliphatic rings. The van der Waals surface area contributed by atoms with E-state index in [1.54, 1.807) is 25.5 Å². The fraction of sp³-hybridized carbons (Fsp3) is 0.182. The van der Waals surface area contributed by atoms with Crippen LogP contribution in [0.5, 0.6) is 0 Å². The molecule has 88 valence electrons. The Morgan fingerprint density at radius 1 is 1.53 bits per heavy atom. The molecule has 0 bridgehead atoms. The molecule has 6 heteroatoms. The molecule has 0 spiro atoms. The van der Waals surface area contributed by atoms with Gasteiger partial charge in [-0.05, 0) is 24.6 Å². The minimum atomic E-state index is -0.360. The summed E-state index contributed by atoms with van der Waals surface area (Å²) in [4.78, 5) is 15.9. The van der Waals surface area contributed by atoms with Gasteiger partial charge in [0, 0.05) is 19.4 Å². The third-order valence-corrected chi connectivity index (χ3v) is 2.23. The van der Waals surface area contributed by atoms with Crippen LogP contribution in [0.1, 0.15) is 16.1 Å². The SMILES string of the molecule is Cc1ccnc(NC(=O)c2nn(C)cc2N)c1. The van der Waals surface area contributed by atoms with Crippen LogP contribution in [0.15, 0.2) is 24.5 Å². The summed E-state index contributed by atoms with van der Waals surface area (Å²) in [5, 5.41) is 6.63. The Bertz CT molecular complexity index is 561. The van der Waals surface area contributed by atoms with Crippen LogP contribution < -0.4 is 11.1 Å². The van der Waals surface area contributed by atoms with Crippen LogP contribution in [0, 0.1) is 6.92 Å². The van der Waals surface area contributed by atoms with Gasteiger partial charge in [-0.15, -0.1) is 0 Å². The van der Waals surface area contributed by atoms with Gasteiger partial charge in [0.15, 0.2) is 5.69 Å². The average Bonchev–Trinajstić information content (AvgIpc) is 2.58. The highest BCUT2D eigenvalue weighted by atomic mass is 16.2. The van der Waals surface area contributed by atoms with Crippen LogP contribution in [0.4, 0.5) is 11.5 Å². The maximum atomic E-state index is 11.9. The Morgan fingerprint density at radius 2 is 2.29 bits per heavy atom. The van der Waals surface area contributed by atoms with Gasteiger partial charge in [0.2, 0.25) is 0 Å². The van der Waals surface area contributed by atoms with E-state index in [9.17, 15) is 4.79 Å². The van der Waals surface area contributed by atoms with Crippen molar-refractivity contribution in [2.45, 2.75) is 6.92 Å². The van der Waals surface area contributed by atoms with Crippen LogP contribution in [0.3, 0.4) is 0 Å². The second-order valence-corrected chi connectivity index (χ2v) is 3.78. The summed E-state index contributed by atoms with van der Waals surface area (Å²) >= 11 is 0. The van der Waals surface area contributed by atoms with Gasteiger partial charge in [0.1, 0.15) is 5.82 Å². The maximum Gasteiger partial charge on any atom is 0.279 e. The molecule has 3 N–H and O–H groups in total. The van der Waals surface area contributed by atoms with E-state index in [-0.39, 0.29) is 11.6 Å². The van der Waals surface area contributed by atoms with Crippen molar-refractivity contribution in [1.29, 1.82) is 0 Å². The minimum absolute atomic E-state index is 0.204. The predicted octanol–water partition coefficient (Wildman–Crippen LogP) is 0.958. The molecule has 0 aromatic carbocycles. The van der Waals surface area contributed by atoms with Gasteiger partial charge in [-0.2, -0.15) is 5.10 Å². The summed E-state index contributed by atoms with van der Waals surface area (Å²) in [5.41, 5.74) is 7.23. The first kappa shape index (κ1) is 11.1. The number of nitrogen functional groups attached to an aromatic ring is 1. The number of nitrogens with one attached hydrogen (secondary N) is 1. The topological polar surface area (TPSA) is 85.8 Å². The number of carbonyl (C=O) groups is 1. The Labute approximate surface area is 98.5 Å². The van der Waals surface area contributed by atoms with Gasteiger partial charge in [-0.3, -0.25) is 9.48 Å². The molecule has 1 amide bonds. The van der Waals surface area contributed by atoms with E-state index in [0.29, 0.717) is 11.5 Å².